The van der Waals surface area contributed by atoms with Crippen LogP contribution in [0, 0.1) is 0 Å². The van der Waals surface area contributed by atoms with Gasteiger partial charge in [0.25, 0.3) is 0 Å². The molecule has 0 aromatic heterocycles. The van der Waals surface area contributed by atoms with E-state index in [-0.39, 0.29) is 0 Å². The van der Waals surface area contributed by atoms with Crippen molar-refractivity contribution in [2.45, 2.75) is 20.4 Å². The largest absolute Gasteiger partial charge is 0.492 e. The fourth-order valence-electron chi connectivity index (χ4n) is 2.82. The molecule has 1 saturated heterocycles. The molecule has 0 spiro atoms. The number of likely N-dealkylation sites (N-methyl/N-ethyl adjacent to an activating group) is 1. The second-order valence-corrected chi connectivity index (χ2v) is 5.58. The molecule has 0 aliphatic carbocycles. The van der Waals surface area contributed by atoms with Gasteiger partial charge in [-0.15, -0.1) is 6.58 Å². The van der Waals surface area contributed by atoms with E-state index in [4.69, 9.17) is 4.74 Å². The zero-order valence-corrected chi connectivity index (χ0v) is 14.0. The Bertz CT molecular complexity index is 467. The summed E-state index contributed by atoms with van der Waals surface area (Å²) >= 11 is 0. The molecule has 1 aromatic rings. The van der Waals surface area contributed by atoms with Crippen molar-refractivity contribution in [1.29, 1.82) is 0 Å². The van der Waals surface area contributed by atoms with Gasteiger partial charge in [0.05, 0.1) is 12.3 Å². The molecule has 4 nitrogen and oxygen atoms in total. The zero-order chi connectivity index (χ0) is 15.8. The molecule has 2 rings (SSSR count). The average molecular weight is 303 g/mol. The molecule has 0 atom stereocenters. The van der Waals surface area contributed by atoms with E-state index < -0.39 is 0 Å². The standard InChI is InChI=1S/C18H29N3O/c1-4-9-19-15-16-7-8-17(18(14-16)22-6-3)21-12-10-20(5-2)11-13-21/h4,7-8,14,19H,1,5-6,9-13,15H2,2-3H3. The van der Waals surface area contributed by atoms with E-state index in [1.807, 2.05) is 13.0 Å². The van der Waals surface area contributed by atoms with Gasteiger partial charge in [0.1, 0.15) is 5.75 Å². The predicted octanol–water partition coefficient (Wildman–Crippen LogP) is 2.50. The summed E-state index contributed by atoms with van der Waals surface area (Å²) in [5.74, 6) is 1.00. The first-order valence-corrected chi connectivity index (χ1v) is 8.33. The Kier molecular flexibility index (Phi) is 6.74. The minimum absolute atomic E-state index is 0.700. The number of hydrogen-bond acceptors (Lipinski definition) is 4. The van der Waals surface area contributed by atoms with Crippen molar-refractivity contribution in [3.05, 3.63) is 36.4 Å². The van der Waals surface area contributed by atoms with E-state index >= 15 is 0 Å². The molecule has 0 bridgehead atoms. The lowest BCUT2D eigenvalue weighted by Crippen LogP contribution is -2.46. The van der Waals surface area contributed by atoms with Gasteiger partial charge in [-0.2, -0.15) is 0 Å². The number of piperazine rings is 1. The van der Waals surface area contributed by atoms with Crippen molar-refractivity contribution in [3.8, 4) is 5.75 Å². The Labute approximate surface area is 134 Å². The van der Waals surface area contributed by atoms with Crippen molar-refractivity contribution in [2.24, 2.45) is 0 Å². The summed E-state index contributed by atoms with van der Waals surface area (Å²) < 4.78 is 5.89. The topological polar surface area (TPSA) is 27.7 Å². The fourth-order valence-corrected chi connectivity index (χ4v) is 2.82. The van der Waals surface area contributed by atoms with Gasteiger partial charge in [0, 0.05) is 39.3 Å². The minimum atomic E-state index is 0.700. The molecule has 122 valence electrons. The van der Waals surface area contributed by atoms with Crippen LogP contribution in [0.3, 0.4) is 0 Å². The zero-order valence-electron chi connectivity index (χ0n) is 14.0. The highest BCUT2D eigenvalue weighted by Crippen LogP contribution is 2.30. The minimum Gasteiger partial charge on any atom is -0.492 e. The summed E-state index contributed by atoms with van der Waals surface area (Å²) in [6.07, 6.45) is 1.88. The van der Waals surface area contributed by atoms with Crippen LogP contribution < -0.4 is 15.0 Å². The second kappa shape index (κ2) is 8.81. The van der Waals surface area contributed by atoms with Crippen LogP contribution in [0.25, 0.3) is 0 Å². The SMILES string of the molecule is C=CCNCc1ccc(N2CCN(CC)CC2)c(OCC)c1. The molecule has 22 heavy (non-hydrogen) atoms. The summed E-state index contributed by atoms with van der Waals surface area (Å²) in [5, 5.41) is 3.34. The summed E-state index contributed by atoms with van der Waals surface area (Å²) in [7, 11) is 0. The lowest BCUT2D eigenvalue weighted by atomic mass is 10.1. The highest BCUT2D eigenvalue weighted by Gasteiger charge is 2.19. The van der Waals surface area contributed by atoms with Crippen LogP contribution in [0.4, 0.5) is 5.69 Å². The number of nitrogens with zero attached hydrogens (tertiary/aromatic N) is 2. The van der Waals surface area contributed by atoms with Gasteiger partial charge >= 0.3 is 0 Å². The molecule has 0 amide bonds. The monoisotopic (exact) mass is 303 g/mol. The molecule has 1 aliphatic heterocycles. The molecule has 1 N–H and O–H groups in total. The number of nitrogens with one attached hydrogen (secondary N) is 1. The molecular formula is C18H29N3O. The van der Waals surface area contributed by atoms with Gasteiger partial charge in [-0.1, -0.05) is 19.1 Å². The van der Waals surface area contributed by atoms with E-state index in [2.05, 4.69) is 46.8 Å². The number of ether oxygens (including phenoxy) is 1. The maximum Gasteiger partial charge on any atom is 0.142 e. The quantitative estimate of drug-likeness (QED) is 0.590. The Morgan fingerprint density at radius 2 is 2.00 bits per heavy atom. The van der Waals surface area contributed by atoms with E-state index in [1.54, 1.807) is 0 Å². The molecule has 4 heteroatoms. The number of rotatable bonds is 8. The summed E-state index contributed by atoms with van der Waals surface area (Å²) in [5.41, 5.74) is 2.48. The average Bonchev–Trinajstić information content (AvgIpc) is 2.56. The van der Waals surface area contributed by atoms with Crippen molar-refractivity contribution >= 4 is 5.69 Å². The number of hydrogen-bond donors (Lipinski definition) is 1. The van der Waals surface area contributed by atoms with Crippen molar-refractivity contribution in [3.63, 3.8) is 0 Å². The first-order chi connectivity index (χ1) is 10.8. The lowest BCUT2D eigenvalue weighted by Gasteiger charge is -2.36. The van der Waals surface area contributed by atoms with E-state index in [0.717, 1.165) is 51.6 Å². The van der Waals surface area contributed by atoms with Crippen molar-refractivity contribution in [2.75, 3.05) is 50.8 Å². The lowest BCUT2D eigenvalue weighted by molar-refractivity contribution is 0.269. The van der Waals surface area contributed by atoms with Crippen molar-refractivity contribution in [1.82, 2.24) is 10.2 Å². The molecule has 0 unspecified atom stereocenters. The third kappa shape index (κ3) is 4.49. The summed E-state index contributed by atoms with van der Waals surface area (Å²) in [6.45, 7) is 15.9. The first-order valence-electron chi connectivity index (χ1n) is 8.33. The van der Waals surface area contributed by atoms with Gasteiger partial charge in [-0.3, -0.25) is 0 Å². The third-order valence-corrected chi connectivity index (χ3v) is 4.10. The van der Waals surface area contributed by atoms with E-state index in [9.17, 15) is 0 Å². The molecule has 1 aromatic carbocycles. The summed E-state index contributed by atoms with van der Waals surface area (Å²) in [4.78, 5) is 4.93. The van der Waals surface area contributed by atoms with Crippen molar-refractivity contribution < 1.29 is 4.74 Å². The van der Waals surface area contributed by atoms with Crippen LogP contribution in [0.1, 0.15) is 19.4 Å². The van der Waals surface area contributed by atoms with Crippen LogP contribution >= 0.6 is 0 Å². The van der Waals surface area contributed by atoms with E-state index in [1.165, 1.54) is 11.3 Å². The number of benzene rings is 1. The maximum atomic E-state index is 5.89. The summed E-state index contributed by atoms with van der Waals surface area (Å²) in [6, 6.07) is 6.57. The van der Waals surface area contributed by atoms with Crippen LogP contribution in [0.15, 0.2) is 30.9 Å². The predicted molar refractivity (Wildman–Crippen MR) is 93.8 cm³/mol. The second-order valence-electron chi connectivity index (χ2n) is 5.58. The molecule has 1 fully saturated rings. The molecule has 1 heterocycles. The molecular weight excluding hydrogens is 274 g/mol. The fraction of sp³-hybridized carbons (Fsp3) is 0.556. The third-order valence-electron chi connectivity index (χ3n) is 4.10. The molecule has 0 saturated carbocycles. The Morgan fingerprint density at radius 1 is 1.23 bits per heavy atom. The van der Waals surface area contributed by atoms with Crippen LogP contribution in [0.2, 0.25) is 0 Å². The van der Waals surface area contributed by atoms with Crippen LogP contribution in [-0.4, -0.2) is 50.8 Å². The normalized spacial score (nSPS) is 15.8. The van der Waals surface area contributed by atoms with Crippen LogP contribution in [-0.2, 0) is 6.54 Å². The highest BCUT2D eigenvalue weighted by molar-refractivity contribution is 5.60. The maximum absolute atomic E-state index is 5.89. The Balaban J connectivity index is 2.07. The van der Waals surface area contributed by atoms with E-state index in [0.29, 0.717) is 6.61 Å². The molecule has 0 radical (unpaired) electrons. The van der Waals surface area contributed by atoms with Gasteiger partial charge in [0.2, 0.25) is 0 Å². The Hall–Kier alpha value is -1.52. The van der Waals surface area contributed by atoms with Gasteiger partial charge in [-0.05, 0) is 31.2 Å². The Morgan fingerprint density at radius 3 is 2.64 bits per heavy atom. The van der Waals surface area contributed by atoms with Gasteiger partial charge < -0.3 is 19.9 Å². The smallest absolute Gasteiger partial charge is 0.142 e. The molecule has 1 aliphatic rings. The van der Waals surface area contributed by atoms with Gasteiger partial charge in [-0.25, -0.2) is 0 Å². The number of anilines is 1. The highest BCUT2D eigenvalue weighted by atomic mass is 16.5. The van der Waals surface area contributed by atoms with Gasteiger partial charge in [0.15, 0.2) is 0 Å². The van der Waals surface area contributed by atoms with Crippen LogP contribution in [0.5, 0.6) is 5.75 Å². The first kappa shape index (κ1) is 16.8.